The second kappa shape index (κ2) is 4.42. The van der Waals surface area contributed by atoms with Crippen molar-refractivity contribution in [2.75, 3.05) is 7.11 Å². The molecular formula is C8H16O. The topological polar surface area (TPSA) is 9.23 Å². The summed E-state index contributed by atoms with van der Waals surface area (Å²) < 4.78 is 5.00. The maximum Gasteiger partial charge on any atom is 0.0914 e. The van der Waals surface area contributed by atoms with E-state index in [1.165, 1.54) is 0 Å². The van der Waals surface area contributed by atoms with Crippen LogP contribution in [0, 0.1) is 5.92 Å². The van der Waals surface area contributed by atoms with Crippen LogP contribution in [0.15, 0.2) is 12.3 Å². The van der Waals surface area contributed by atoms with Gasteiger partial charge in [-0.05, 0) is 12.8 Å². The molecule has 0 saturated carbocycles. The first-order valence-electron chi connectivity index (χ1n) is 3.49. The molecule has 54 valence electrons. The molecule has 1 heteroatoms. The van der Waals surface area contributed by atoms with E-state index in [0.717, 1.165) is 18.6 Å². The summed E-state index contributed by atoms with van der Waals surface area (Å²) in [6, 6.07) is 0. The van der Waals surface area contributed by atoms with Gasteiger partial charge in [0.1, 0.15) is 0 Å². The average molecular weight is 128 g/mol. The largest absolute Gasteiger partial charge is 0.501 e. The summed E-state index contributed by atoms with van der Waals surface area (Å²) in [5.41, 5.74) is 0. The Morgan fingerprint density at radius 3 is 2.00 bits per heavy atom. The molecule has 0 unspecified atom stereocenters. The van der Waals surface area contributed by atoms with Crippen molar-refractivity contribution in [3.05, 3.63) is 12.3 Å². The van der Waals surface area contributed by atoms with Crippen molar-refractivity contribution in [2.24, 2.45) is 5.92 Å². The molecule has 0 aliphatic carbocycles. The Kier molecular flexibility index (Phi) is 4.20. The van der Waals surface area contributed by atoms with Crippen LogP contribution in [-0.4, -0.2) is 7.11 Å². The molecular weight excluding hydrogens is 112 g/mol. The minimum Gasteiger partial charge on any atom is -0.501 e. The Morgan fingerprint density at radius 1 is 1.44 bits per heavy atom. The van der Waals surface area contributed by atoms with Gasteiger partial charge < -0.3 is 4.74 Å². The smallest absolute Gasteiger partial charge is 0.0914 e. The van der Waals surface area contributed by atoms with Crippen LogP contribution < -0.4 is 0 Å². The average Bonchev–Trinajstić information content (AvgIpc) is 1.90. The van der Waals surface area contributed by atoms with E-state index < -0.39 is 0 Å². The minimum atomic E-state index is 0.551. The van der Waals surface area contributed by atoms with Gasteiger partial charge >= 0.3 is 0 Å². The predicted octanol–water partition coefficient (Wildman–Crippen LogP) is 2.58. The van der Waals surface area contributed by atoms with Crippen LogP contribution in [0.5, 0.6) is 0 Å². The lowest BCUT2D eigenvalue weighted by Crippen LogP contribution is -2.01. The van der Waals surface area contributed by atoms with Crippen molar-refractivity contribution in [3.8, 4) is 0 Å². The number of rotatable bonds is 4. The highest BCUT2D eigenvalue weighted by Crippen LogP contribution is 2.16. The molecule has 0 rings (SSSR count). The van der Waals surface area contributed by atoms with Gasteiger partial charge in [0.15, 0.2) is 0 Å². The fraction of sp³-hybridized carbons (Fsp3) is 0.750. The van der Waals surface area contributed by atoms with Crippen LogP contribution in [0.25, 0.3) is 0 Å². The molecule has 0 aromatic carbocycles. The van der Waals surface area contributed by atoms with Gasteiger partial charge in [-0.15, -0.1) is 0 Å². The molecule has 0 saturated heterocycles. The maximum atomic E-state index is 5.00. The first-order valence-corrected chi connectivity index (χ1v) is 3.49. The third-order valence-corrected chi connectivity index (χ3v) is 1.70. The summed E-state index contributed by atoms with van der Waals surface area (Å²) in [5, 5.41) is 0. The molecule has 0 heterocycles. The van der Waals surface area contributed by atoms with Gasteiger partial charge in [0.2, 0.25) is 0 Å². The van der Waals surface area contributed by atoms with Crippen LogP contribution in [0.2, 0.25) is 0 Å². The van der Waals surface area contributed by atoms with Crippen LogP contribution in [-0.2, 0) is 4.74 Å². The van der Waals surface area contributed by atoms with Crippen molar-refractivity contribution in [1.82, 2.24) is 0 Å². The first kappa shape index (κ1) is 8.54. The lowest BCUT2D eigenvalue weighted by atomic mass is 10.0. The Labute approximate surface area is 57.7 Å². The molecule has 0 aliphatic heterocycles. The zero-order valence-corrected chi connectivity index (χ0v) is 6.61. The van der Waals surface area contributed by atoms with Crippen LogP contribution in [0.1, 0.15) is 26.7 Å². The van der Waals surface area contributed by atoms with E-state index in [1.54, 1.807) is 7.11 Å². The van der Waals surface area contributed by atoms with E-state index in [9.17, 15) is 0 Å². The maximum absolute atomic E-state index is 5.00. The summed E-state index contributed by atoms with van der Waals surface area (Å²) in [4.78, 5) is 0. The second-order valence-electron chi connectivity index (χ2n) is 2.18. The zero-order chi connectivity index (χ0) is 7.28. The van der Waals surface area contributed by atoms with Crippen molar-refractivity contribution in [1.29, 1.82) is 0 Å². The summed E-state index contributed by atoms with van der Waals surface area (Å²) >= 11 is 0. The highest BCUT2D eigenvalue weighted by Gasteiger charge is 2.06. The highest BCUT2D eigenvalue weighted by atomic mass is 16.5. The fourth-order valence-electron chi connectivity index (χ4n) is 0.911. The van der Waals surface area contributed by atoms with Crippen molar-refractivity contribution < 1.29 is 4.74 Å². The van der Waals surface area contributed by atoms with Gasteiger partial charge in [-0.3, -0.25) is 0 Å². The molecule has 0 fully saturated rings. The molecule has 0 aliphatic rings. The van der Waals surface area contributed by atoms with E-state index in [1.807, 2.05) is 0 Å². The van der Waals surface area contributed by atoms with Crippen LogP contribution in [0.4, 0.5) is 0 Å². The normalized spacial score (nSPS) is 9.78. The summed E-state index contributed by atoms with van der Waals surface area (Å²) in [5.74, 6) is 1.47. The van der Waals surface area contributed by atoms with Gasteiger partial charge in [-0.1, -0.05) is 20.4 Å². The number of allylic oxidation sites excluding steroid dienone is 1. The van der Waals surface area contributed by atoms with Crippen LogP contribution >= 0.6 is 0 Å². The molecule has 0 bridgehead atoms. The molecule has 0 aromatic heterocycles. The number of hydrogen-bond donors (Lipinski definition) is 0. The molecule has 0 aromatic rings. The van der Waals surface area contributed by atoms with E-state index in [4.69, 9.17) is 4.74 Å². The molecule has 0 N–H and O–H groups in total. The Balaban J connectivity index is 3.64. The monoisotopic (exact) mass is 128 g/mol. The van der Waals surface area contributed by atoms with Gasteiger partial charge in [0.05, 0.1) is 12.9 Å². The van der Waals surface area contributed by atoms with Crippen molar-refractivity contribution in [2.45, 2.75) is 26.7 Å². The standard InChI is InChI=1S/C8H16O/c1-5-8(6-2)7(3)9-4/h8H,3,5-6H2,1-2,4H3. The van der Waals surface area contributed by atoms with Crippen molar-refractivity contribution >= 4 is 0 Å². The van der Waals surface area contributed by atoms with Gasteiger partial charge in [-0.25, -0.2) is 0 Å². The summed E-state index contributed by atoms with van der Waals surface area (Å²) in [6.45, 7) is 8.10. The van der Waals surface area contributed by atoms with Gasteiger partial charge in [0.25, 0.3) is 0 Å². The Hall–Kier alpha value is -0.460. The third kappa shape index (κ3) is 2.54. The van der Waals surface area contributed by atoms with Crippen LogP contribution in [0.3, 0.4) is 0 Å². The summed E-state index contributed by atoms with van der Waals surface area (Å²) in [7, 11) is 1.68. The molecule has 0 spiro atoms. The number of hydrogen-bond acceptors (Lipinski definition) is 1. The van der Waals surface area contributed by atoms with Crippen molar-refractivity contribution in [3.63, 3.8) is 0 Å². The lowest BCUT2D eigenvalue weighted by molar-refractivity contribution is 0.237. The minimum absolute atomic E-state index is 0.551. The predicted molar refractivity (Wildman–Crippen MR) is 40.2 cm³/mol. The number of ether oxygens (including phenoxy) is 1. The lowest BCUT2D eigenvalue weighted by Gasteiger charge is -2.13. The van der Waals surface area contributed by atoms with Gasteiger partial charge in [-0.2, -0.15) is 0 Å². The SMILES string of the molecule is C=C(OC)C(CC)CC. The van der Waals surface area contributed by atoms with E-state index >= 15 is 0 Å². The molecule has 0 radical (unpaired) electrons. The quantitative estimate of drug-likeness (QED) is 0.529. The first-order chi connectivity index (χ1) is 4.26. The van der Waals surface area contributed by atoms with Gasteiger partial charge in [0, 0.05) is 5.92 Å². The second-order valence-corrected chi connectivity index (χ2v) is 2.18. The molecule has 1 nitrogen and oxygen atoms in total. The Bertz CT molecular complexity index is 82.6. The number of methoxy groups -OCH3 is 1. The molecule has 0 atom stereocenters. The zero-order valence-electron chi connectivity index (χ0n) is 6.61. The molecule has 0 amide bonds. The highest BCUT2D eigenvalue weighted by molar-refractivity contribution is 4.88. The summed E-state index contributed by atoms with van der Waals surface area (Å²) in [6.07, 6.45) is 2.26. The molecule has 9 heavy (non-hydrogen) atoms. The van der Waals surface area contributed by atoms with E-state index in [-0.39, 0.29) is 0 Å². The fourth-order valence-corrected chi connectivity index (χ4v) is 0.911. The third-order valence-electron chi connectivity index (χ3n) is 1.70. The Morgan fingerprint density at radius 2 is 1.89 bits per heavy atom. The van der Waals surface area contributed by atoms with E-state index in [0.29, 0.717) is 5.92 Å². The van der Waals surface area contributed by atoms with E-state index in [2.05, 4.69) is 20.4 Å².